The molecule has 0 radical (unpaired) electrons. The molecule has 100 valence electrons. The molecular weight excluding hydrogens is 232 g/mol. The lowest BCUT2D eigenvalue weighted by Crippen LogP contribution is -2.01. The summed E-state index contributed by atoms with van der Waals surface area (Å²) < 4.78 is 5.17. The topological polar surface area (TPSA) is 9.23 Å². The van der Waals surface area contributed by atoms with Crippen molar-refractivity contribution in [2.45, 2.75) is 26.2 Å². The lowest BCUT2D eigenvalue weighted by molar-refractivity contribution is 0.414. The lowest BCUT2D eigenvalue weighted by Gasteiger charge is -2.11. The van der Waals surface area contributed by atoms with E-state index in [1.165, 1.54) is 17.5 Å². The molecule has 0 aliphatic heterocycles. The van der Waals surface area contributed by atoms with Crippen LogP contribution in [0.4, 0.5) is 0 Å². The molecule has 0 aromatic heterocycles. The van der Waals surface area contributed by atoms with Gasteiger partial charge in [0, 0.05) is 0 Å². The molecule has 0 saturated heterocycles. The van der Waals surface area contributed by atoms with Gasteiger partial charge in [-0.05, 0) is 48.4 Å². The fourth-order valence-corrected chi connectivity index (χ4v) is 2.32. The maximum absolute atomic E-state index is 5.17. The number of hydrogen-bond donors (Lipinski definition) is 0. The fraction of sp³-hybridized carbons (Fsp3) is 0.333. The van der Waals surface area contributed by atoms with Gasteiger partial charge >= 0.3 is 0 Å². The van der Waals surface area contributed by atoms with Gasteiger partial charge in [-0.2, -0.15) is 0 Å². The van der Waals surface area contributed by atoms with Crippen LogP contribution in [-0.2, 0) is 12.8 Å². The van der Waals surface area contributed by atoms with Gasteiger partial charge in [0.1, 0.15) is 5.75 Å². The van der Waals surface area contributed by atoms with Crippen LogP contribution in [-0.4, -0.2) is 7.11 Å². The molecule has 1 atom stereocenters. The average Bonchev–Trinajstić information content (AvgIpc) is 2.47. The summed E-state index contributed by atoms with van der Waals surface area (Å²) in [4.78, 5) is 0. The van der Waals surface area contributed by atoms with Crippen molar-refractivity contribution in [2.75, 3.05) is 7.11 Å². The molecule has 1 unspecified atom stereocenters. The summed E-state index contributed by atoms with van der Waals surface area (Å²) in [7, 11) is 1.71. The maximum atomic E-state index is 5.17. The predicted octanol–water partition coefficient (Wildman–Crippen LogP) is 4.51. The second kappa shape index (κ2) is 6.98. The van der Waals surface area contributed by atoms with E-state index in [1.54, 1.807) is 7.11 Å². The zero-order valence-electron chi connectivity index (χ0n) is 11.8. The molecule has 2 aromatic rings. The molecule has 2 rings (SSSR count). The molecule has 0 saturated carbocycles. The van der Waals surface area contributed by atoms with Crippen molar-refractivity contribution in [2.24, 2.45) is 5.92 Å². The van der Waals surface area contributed by atoms with E-state index in [-0.39, 0.29) is 0 Å². The zero-order chi connectivity index (χ0) is 13.5. The van der Waals surface area contributed by atoms with Gasteiger partial charge in [0.15, 0.2) is 0 Å². The standard InChI is InChI=1S/C18H22O/c1-15(14-17-6-4-3-5-7-17)8-9-16-10-12-18(19-2)13-11-16/h3-7,10-13,15H,8-9,14H2,1-2H3. The third-order valence-corrected chi connectivity index (χ3v) is 3.51. The molecule has 0 fully saturated rings. The van der Waals surface area contributed by atoms with Crippen LogP contribution in [0.25, 0.3) is 0 Å². The Bertz CT molecular complexity index is 473. The second-order valence-corrected chi connectivity index (χ2v) is 5.18. The Balaban J connectivity index is 1.81. The van der Waals surface area contributed by atoms with Gasteiger partial charge < -0.3 is 4.74 Å². The molecule has 1 nitrogen and oxygen atoms in total. The molecule has 0 N–H and O–H groups in total. The van der Waals surface area contributed by atoms with E-state index in [4.69, 9.17) is 4.74 Å². The largest absolute Gasteiger partial charge is 0.497 e. The van der Waals surface area contributed by atoms with E-state index in [1.807, 2.05) is 12.1 Å². The summed E-state index contributed by atoms with van der Waals surface area (Å²) >= 11 is 0. The highest BCUT2D eigenvalue weighted by Gasteiger charge is 2.04. The Morgan fingerprint density at radius 2 is 1.58 bits per heavy atom. The van der Waals surface area contributed by atoms with Crippen LogP contribution >= 0.6 is 0 Å². The SMILES string of the molecule is COc1ccc(CCC(C)Cc2ccccc2)cc1. The van der Waals surface area contributed by atoms with Gasteiger partial charge in [-0.1, -0.05) is 49.4 Å². The summed E-state index contributed by atoms with van der Waals surface area (Å²) in [6.07, 6.45) is 3.52. The van der Waals surface area contributed by atoms with Gasteiger partial charge in [0.2, 0.25) is 0 Å². The van der Waals surface area contributed by atoms with Crippen LogP contribution < -0.4 is 4.74 Å². The highest BCUT2D eigenvalue weighted by atomic mass is 16.5. The third kappa shape index (κ3) is 4.44. The molecule has 0 spiro atoms. The predicted molar refractivity (Wildman–Crippen MR) is 80.6 cm³/mol. The second-order valence-electron chi connectivity index (χ2n) is 5.18. The minimum atomic E-state index is 0.713. The molecule has 19 heavy (non-hydrogen) atoms. The van der Waals surface area contributed by atoms with Crippen LogP contribution in [0.3, 0.4) is 0 Å². The van der Waals surface area contributed by atoms with Crippen molar-refractivity contribution < 1.29 is 4.74 Å². The van der Waals surface area contributed by atoms with Gasteiger partial charge in [-0.3, -0.25) is 0 Å². The summed E-state index contributed by atoms with van der Waals surface area (Å²) in [5.74, 6) is 1.64. The Morgan fingerprint density at radius 3 is 2.21 bits per heavy atom. The number of ether oxygens (including phenoxy) is 1. The minimum Gasteiger partial charge on any atom is -0.497 e. The van der Waals surface area contributed by atoms with Gasteiger partial charge in [-0.25, -0.2) is 0 Å². The molecule has 2 aromatic carbocycles. The summed E-state index contributed by atoms with van der Waals surface area (Å²) in [5, 5.41) is 0. The van der Waals surface area contributed by atoms with E-state index in [0.29, 0.717) is 5.92 Å². The van der Waals surface area contributed by atoms with Crippen molar-refractivity contribution in [3.8, 4) is 5.75 Å². The van der Waals surface area contributed by atoms with Crippen molar-refractivity contribution in [3.63, 3.8) is 0 Å². The average molecular weight is 254 g/mol. The Hall–Kier alpha value is -1.76. The quantitative estimate of drug-likeness (QED) is 0.737. The van der Waals surface area contributed by atoms with E-state index >= 15 is 0 Å². The molecule has 0 aliphatic rings. The monoisotopic (exact) mass is 254 g/mol. The Morgan fingerprint density at radius 1 is 0.895 bits per heavy atom. The van der Waals surface area contributed by atoms with Gasteiger partial charge in [-0.15, -0.1) is 0 Å². The normalized spacial score (nSPS) is 12.1. The van der Waals surface area contributed by atoms with E-state index < -0.39 is 0 Å². The lowest BCUT2D eigenvalue weighted by atomic mass is 9.94. The number of methoxy groups -OCH3 is 1. The Kier molecular flexibility index (Phi) is 5.02. The summed E-state index contributed by atoms with van der Waals surface area (Å²) in [5.41, 5.74) is 2.82. The first-order valence-corrected chi connectivity index (χ1v) is 6.95. The molecular formula is C18H22O. The minimum absolute atomic E-state index is 0.713. The highest BCUT2D eigenvalue weighted by molar-refractivity contribution is 5.27. The van der Waals surface area contributed by atoms with Crippen LogP contribution in [0.1, 0.15) is 24.5 Å². The van der Waals surface area contributed by atoms with E-state index in [0.717, 1.165) is 18.6 Å². The first-order valence-electron chi connectivity index (χ1n) is 6.95. The highest BCUT2D eigenvalue weighted by Crippen LogP contribution is 2.17. The molecule has 1 heteroatoms. The molecule has 0 heterocycles. The van der Waals surface area contributed by atoms with Gasteiger partial charge in [0.05, 0.1) is 7.11 Å². The number of rotatable bonds is 6. The number of benzene rings is 2. The van der Waals surface area contributed by atoms with Crippen molar-refractivity contribution in [1.29, 1.82) is 0 Å². The molecule has 0 bridgehead atoms. The zero-order valence-corrected chi connectivity index (χ0v) is 11.8. The van der Waals surface area contributed by atoms with Crippen molar-refractivity contribution in [1.82, 2.24) is 0 Å². The first kappa shape index (κ1) is 13.7. The van der Waals surface area contributed by atoms with Crippen LogP contribution in [0, 0.1) is 5.92 Å². The van der Waals surface area contributed by atoms with Crippen molar-refractivity contribution >= 4 is 0 Å². The Labute approximate surface area is 116 Å². The van der Waals surface area contributed by atoms with Crippen molar-refractivity contribution in [3.05, 3.63) is 65.7 Å². The summed E-state index contributed by atoms with van der Waals surface area (Å²) in [6.45, 7) is 2.33. The number of aryl methyl sites for hydroxylation is 1. The fourth-order valence-electron chi connectivity index (χ4n) is 2.32. The van der Waals surface area contributed by atoms with Gasteiger partial charge in [0.25, 0.3) is 0 Å². The van der Waals surface area contributed by atoms with Crippen LogP contribution in [0.15, 0.2) is 54.6 Å². The smallest absolute Gasteiger partial charge is 0.118 e. The number of hydrogen-bond acceptors (Lipinski definition) is 1. The van der Waals surface area contributed by atoms with E-state index in [2.05, 4.69) is 49.4 Å². The molecule has 0 amide bonds. The first-order chi connectivity index (χ1) is 9.28. The summed E-state index contributed by atoms with van der Waals surface area (Å²) in [6, 6.07) is 19.1. The maximum Gasteiger partial charge on any atom is 0.118 e. The van der Waals surface area contributed by atoms with Crippen LogP contribution in [0.2, 0.25) is 0 Å². The van der Waals surface area contributed by atoms with E-state index in [9.17, 15) is 0 Å². The third-order valence-electron chi connectivity index (χ3n) is 3.51. The van der Waals surface area contributed by atoms with Crippen LogP contribution in [0.5, 0.6) is 5.75 Å². The molecule has 0 aliphatic carbocycles.